The zero-order valence-corrected chi connectivity index (χ0v) is 13.4. The van der Waals surface area contributed by atoms with Crippen molar-refractivity contribution in [2.45, 2.75) is 13.0 Å². The molecule has 0 aliphatic rings. The molecule has 0 bridgehead atoms. The monoisotopic (exact) mass is 335 g/mol. The van der Waals surface area contributed by atoms with Gasteiger partial charge in [0.25, 0.3) is 0 Å². The molecule has 0 saturated heterocycles. The van der Waals surface area contributed by atoms with Gasteiger partial charge >= 0.3 is 5.97 Å². The number of aliphatic carboxylic acids is 1. The number of hydrogen-bond acceptors (Lipinski definition) is 3. The molecule has 1 N–H and O–H groups in total. The second kappa shape index (κ2) is 7.76. The lowest BCUT2D eigenvalue weighted by Gasteiger charge is -2.26. The minimum Gasteiger partial charge on any atom is -0.481 e. The van der Waals surface area contributed by atoms with Gasteiger partial charge in [-0.2, -0.15) is 0 Å². The maximum absolute atomic E-state index is 12.0. The summed E-state index contributed by atoms with van der Waals surface area (Å²) in [6.45, 7) is 1.86. The van der Waals surface area contributed by atoms with Crippen molar-refractivity contribution in [1.82, 2.24) is 4.90 Å². The van der Waals surface area contributed by atoms with E-state index in [4.69, 9.17) is 28.3 Å². The summed E-state index contributed by atoms with van der Waals surface area (Å²) in [6, 6.07) is 4.92. The highest BCUT2D eigenvalue weighted by molar-refractivity contribution is 8.00. The van der Waals surface area contributed by atoms with E-state index in [9.17, 15) is 9.59 Å². The van der Waals surface area contributed by atoms with Crippen LogP contribution in [0.5, 0.6) is 0 Å². The Morgan fingerprint density at radius 1 is 1.35 bits per heavy atom. The highest BCUT2D eigenvalue weighted by atomic mass is 35.5. The maximum Gasteiger partial charge on any atom is 0.313 e. The number of benzene rings is 1. The number of carboxylic acids is 1. The molecule has 0 aliphatic heterocycles. The van der Waals surface area contributed by atoms with Gasteiger partial charge in [-0.1, -0.05) is 29.3 Å². The lowest BCUT2D eigenvalue weighted by atomic mass is 10.1. The number of thioether (sulfide) groups is 1. The molecule has 110 valence electrons. The van der Waals surface area contributed by atoms with Crippen LogP contribution in [0.1, 0.15) is 18.5 Å². The second-order valence-electron chi connectivity index (χ2n) is 4.23. The predicted octanol–water partition coefficient (Wildman–Crippen LogP) is 3.33. The van der Waals surface area contributed by atoms with Crippen LogP contribution >= 0.6 is 35.0 Å². The van der Waals surface area contributed by atoms with E-state index in [1.165, 1.54) is 0 Å². The minimum absolute atomic E-state index is 0.0876. The summed E-state index contributed by atoms with van der Waals surface area (Å²) in [5.74, 6) is -1.04. The van der Waals surface area contributed by atoms with Gasteiger partial charge in [-0.3, -0.25) is 9.59 Å². The largest absolute Gasteiger partial charge is 0.481 e. The van der Waals surface area contributed by atoms with Gasteiger partial charge in [0, 0.05) is 17.1 Å². The summed E-state index contributed by atoms with van der Waals surface area (Å²) < 4.78 is 0. The molecule has 4 nitrogen and oxygen atoms in total. The van der Waals surface area contributed by atoms with Crippen LogP contribution in [-0.2, 0) is 9.59 Å². The van der Waals surface area contributed by atoms with Crippen molar-refractivity contribution in [1.29, 1.82) is 0 Å². The van der Waals surface area contributed by atoms with Gasteiger partial charge in [0.15, 0.2) is 0 Å². The zero-order valence-electron chi connectivity index (χ0n) is 11.1. The van der Waals surface area contributed by atoms with Crippen LogP contribution in [-0.4, -0.2) is 40.4 Å². The van der Waals surface area contributed by atoms with Crippen LogP contribution in [0.4, 0.5) is 0 Å². The van der Waals surface area contributed by atoms with E-state index in [1.54, 1.807) is 30.1 Å². The SMILES string of the molecule is CC(c1ccc(Cl)cc1Cl)N(C)C(=O)CSCC(=O)O. The third-order valence-electron chi connectivity index (χ3n) is 2.84. The molecule has 0 fully saturated rings. The van der Waals surface area contributed by atoms with E-state index >= 15 is 0 Å². The van der Waals surface area contributed by atoms with E-state index in [-0.39, 0.29) is 23.5 Å². The summed E-state index contributed by atoms with van der Waals surface area (Å²) in [5, 5.41) is 9.58. The summed E-state index contributed by atoms with van der Waals surface area (Å²) in [7, 11) is 1.67. The van der Waals surface area contributed by atoms with Gasteiger partial charge in [-0.25, -0.2) is 0 Å². The summed E-state index contributed by atoms with van der Waals surface area (Å²) in [6.07, 6.45) is 0. The molecule has 1 rings (SSSR count). The number of amides is 1. The fourth-order valence-corrected chi connectivity index (χ4v) is 2.81. The quantitative estimate of drug-likeness (QED) is 0.866. The predicted molar refractivity (Wildman–Crippen MR) is 82.6 cm³/mol. The average molecular weight is 336 g/mol. The van der Waals surface area contributed by atoms with Crippen LogP contribution in [0.15, 0.2) is 18.2 Å². The molecule has 1 amide bonds. The van der Waals surface area contributed by atoms with Gasteiger partial charge in [-0.15, -0.1) is 11.8 Å². The standard InChI is InChI=1S/C13H15Cl2NO3S/c1-8(10-4-3-9(14)5-11(10)15)16(2)12(17)6-20-7-13(18)19/h3-5,8H,6-7H2,1-2H3,(H,18,19). The molecule has 0 radical (unpaired) electrons. The number of halogens is 2. The van der Waals surface area contributed by atoms with Crippen molar-refractivity contribution in [3.8, 4) is 0 Å². The Morgan fingerprint density at radius 2 is 2.00 bits per heavy atom. The molecule has 1 atom stereocenters. The van der Waals surface area contributed by atoms with Crippen molar-refractivity contribution >= 4 is 46.8 Å². The fraction of sp³-hybridized carbons (Fsp3) is 0.385. The van der Waals surface area contributed by atoms with Crippen LogP contribution < -0.4 is 0 Å². The number of rotatable bonds is 6. The lowest BCUT2D eigenvalue weighted by molar-refractivity contribution is -0.133. The third-order valence-corrected chi connectivity index (χ3v) is 4.30. The van der Waals surface area contributed by atoms with E-state index in [0.717, 1.165) is 17.3 Å². The number of hydrogen-bond donors (Lipinski definition) is 1. The fourth-order valence-electron chi connectivity index (χ4n) is 1.59. The first-order valence-electron chi connectivity index (χ1n) is 5.83. The Kier molecular flexibility index (Phi) is 6.65. The zero-order chi connectivity index (χ0) is 15.3. The number of nitrogens with zero attached hydrogens (tertiary/aromatic N) is 1. The van der Waals surface area contributed by atoms with Gasteiger partial charge in [0.2, 0.25) is 5.91 Å². The highest BCUT2D eigenvalue weighted by Gasteiger charge is 2.19. The summed E-state index contributed by atoms with van der Waals surface area (Å²) in [4.78, 5) is 23.9. The molecular formula is C13H15Cl2NO3S. The summed E-state index contributed by atoms with van der Waals surface area (Å²) in [5.41, 5.74) is 0.801. The number of carboxylic acid groups (broad SMARTS) is 1. The molecule has 0 saturated carbocycles. The van der Waals surface area contributed by atoms with E-state index in [1.807, 2.05) is 6.92 Å². The van der Waals surface area contributed by atoms with Crippen molar-refractivity contribution in [2.24, 2.45) is 0 Å². The minimum atomic E-state index is -0.931. The number of carbonyl (C=O) groups is 2. The Labute approximate surface area is 132 Å². The molecular weight excluding hydrogens is 321 g/mol. The number of carbonyl (C=O) groups excluding carboxylic acids is 1. The molecule has 20 heavy (non-hydrogen) atoms. The smallest absolute Gasteiger partial charge is 0.313 e. The van der Waals surface area contributed by atoms with Gasteiger partial charge in [0.05, 0.1) is 17.5 Å². The first kappa shape index (κ1) is 17.1. The van der Waals surface area contributed by atoms with Crippen LogP contribution in [0, 0.1) is 0 Å². The first-order valence-corrected chi connectivity index (χ1v) is 7.74. The van der Waals surface area contributed by atoms with Crippen molar-refractivity contribution in [3.63, 3.8) is 0 Å². The molecule has 0 aromatic heterocycles. The molecule has 0 spiro atoms. The van der Waals surface area contributed by atoms with Gasteiger partial charge in [-0.05, 0) is 24.6 Å². The van der Waals surface area contributed by atoms with Crippen molar-refractivity contribution in [2.75, 3.05) is 18.6 Å². The van der Waals surface area contributed by atoms with Crippen LogP contribution in [0.3, 0.4) is 0 Å². The topological polar surface area (TPSA) is 57.6 Å². The highest BCUT2D eigenvalue weighted by Crippen LogP contribution is 2.29. The van der Waals surface area contributed by atoms with Crippen molar-refractivity contribution in [3.05, 3.63) is 33.8 Å². The molecule has 0 aliphatic carbocycles. The molecule has 1 unspecified atom stereocenters. The normalized spacial score (nSPS) is 12.0. The van der Waals surface area contributed by atoms with E-state index in [2.05, 4.69) is 0 Å². The second-order valence-corrected chi connectivity index (χ2v) is 6.06. The maximum atomic E-state index is 12.0. The molecule has 1 aromatic carbocycles. The van der Waals surface area contributed by atoms with Crippen LogP contribution in [0.25, 0.3) is 0 Å². The Bertz CT molecular complexity index is 510. The van der Waals surface area contributed by atoms with E-state index < -0.39 is 5.97 Å². The molecule has 1 aromatic rings. The van der Waals surface area contributed by atoms with Crippen LogP contribution in [0.2, 0.25) is 10.0 Å². The van der Waals surface area contributed by atoms with Crippen molar-refractivity contribution < 1.29 is 14.7 Å². The van der Waals surface area contributed by atoms with Gasteiger partial charge in [0.1, 0.15) is 0 Å². The molecule has 0 heterocycles. The average Bonchev–Trinajstić information content (AvgIpc) is 2.36. The first-order chi connectivity index (χ1) is 9.32. The Hall–Kier alpha value is -0.910. The van der Waals surface area contributed by atoms with E-state index in [0.29, 0.717) is 10.0 Å². The lowest BCUT2D eigenvalue weighted by Crippen LogP contribution is -2.31. The third kappa shape index (κ3) is 4.89. The molecule has 7 heteroatoms. The summed E-state index contributed by atoms with van der Waals surface area (Å²) >= 11 is 13.0. The Morgan fingerprint density at radius 3 is 2.55 bits per heavy atom. The van der Waals surface area contributed by atoms with Gasteiger partial charge < -0.3 is 10.0 Å². The Balaban J connectivity index is 2.68.